The number of benzene rings is 2. The number of nitrogens with zero attached hydrogens (tertiary/aromatic N) is 3. The van der Waals surface area contributed by atoms with Crippen LogP contribution in [0.4, 0.5) is 0 Å². The first kappa shape index (κ1) is 20.3. The molecule has 2 heterocycles. The summed E-state index contributed by atoms with van der Waals surface area (Å²) in [5.41, 5.74) is 3.85. The second-order valence-corrected chi connectivity index (χ2v) is 9.12. The van der Waals surface area contributed by atoms with Crippen LogP contribution in [-0.4, -0.2) is 30.6 Å². The van der Waals surface area contributed by atoms with Crippen molar-refractivity contribution in [3.63, 3.8) is 0 Å². The van der Waals surface area contributed by atoms with E-state index in [2.05, 4.69) is 0 Å². The first-order chi connectivity index (χ1) is 14.1. The van der Waals surface area contributed by atoms with Crippen LogP contribution in [0, 0.1) is 0 Å². The number of carbonyl (C=O) groups excluding carboxylic acids is 1. The average Bonchev–Trinajstić information content (AvgIpc) is 3.14. The Labute approximate surface area is 179 Å². The molecule has 1 N–H and O–H groups in total. The highest BCUT2D eigenvalue weighted by atomic mass is 35.5. The number of amides is 1. The number of hydrogen-bond donors (Lipinski definition) is 1. The summed E-state index contributed by atoms with van der Waals surface area (Å²) in [6, 6.07) is 11.7. The van der Waals surface area contributed by atoms with Crippen LogP contribution in [0.3, 0.4) is 0 Å². The fourth-order valence-corrected chi connectivity index (χ4v) is 4.12. The van der Waals surface area contributed by atoms with E-state index in [1.165, 1.54) is 22.4 Å². The van der Waals surface area contributed by atoms with Crippen molar-refractivity contribution in [3.05, 3.63) is 74.8 Å². The summed E-state index contributed by atoms with van der Waals surface area (Å²) in [6.45, 7) is 6.96. The lowest BCUT2D eigenvalue weighted by Gasteiger charge is -2.31. The fraction of sp³-hybridized carbons (Fsp3) is 0.304. The number of fused-ring (bicyclic) bond motifs is 1. The molecule has 0 atom stereocenters. The largest absolute Gasteiger partial charge is 0.493 e. The van der Waals surface area contributed by atoms with Gasteiger partial charge in [0, 0.05) is 19.1 Å². The number of halogens is 1. The second kappa shape index (κ2) is 7.06. The van der Waals surface area contributed by atoms with Gasteiger partial charge in [0.1, 0.15) is 0 Å². The first-order valence-corrected chi connectivity index (χ1v) is 10.1. The van der Waals surface area contributed by atoms with Crippen molar-refractivity contribution in [2.45, 2.75) is 39.4 Å². The number of aromatic hydroxyl groups is 1. The molecule has 7 heteroatoms. The van der Waals surface area contributed by atoms with Crippen LogP contribution in [0.5, 0.6) is 5.88 Å². The van der Waals surface area contributed by atoms with Crippen LogP contribution in [0.25, 0.3) is 11.1 Å². The molecule has 156 valence electrons. The highest BCUT2D eigenvalue weighted by Gasteiger charge is 2.36. The van der Waals surface area contributed by atoms with Gasteiger partial charge in [-0.1, -0.05) is 35.9 Å². The Morgan fingerprint density at radius 1 is 1.07 bits per heavy atom. The topological polar surface area (TPSA) is 67.5 Å². The molecule has 0 saturated heterocycles. The molecule has 6 nitrogen and oxygen atoms in total. The molecule has 1 aliphatic rings. The highest BCUT2D eigenvalue weighted by molar-refractivity contribution is 6.34. The van der Waals surface area contributed by atoms with Gasteiger partial charge in [-0.25, -0.2) is 4.79 Å². The van der Waals surface area contributed by atoms with Crippen molar-refractivity contribution in [2.24, 2.45) is 7.05 Å². The minimum atomic E-state index is -0.273. The Kier molecular flexibility index (Phi) is 4.77. The Morgan fingerprint density at radius 3 is 2.30 bits per heavy atom. The standard InChI is InChI=1S/C23H24ClN3O3/c1-23(2,3)27-12-17-9-16(10-18(24)20(17)21(27)29)15-7-5-14(6-8-15)11-26-13-19(28)25(4)22(26)30/h5-10,13,28H,11-12H2,1-4H3. The van der Waals surface area contributed by atoms with Crippen molar-refractivity contribution in [2.75, 3.05) is 0 Å². The molecule has 0 saturated carbocycles. The third-order valence-corrected chi connectivity index (χ3v) is 5.85. The predicted molar refractivity (Wildman–Crippen MR) is 117 cm³/mol. The van der Waals surface area contributed by atoms with Gasteiger partial charge in [-0.2, -0.15) is 0 Å². The minimum absolute atomic E-state index is 0.0269. The zero-order valence-corrected chi connectivity index (χ0v) is 18.2. The zero-order valence-electron chi connectivity index (χ0n) is 17.4. The maximum Gasteiger partial charge on any atom is 0.331 e. The number of aromatic nitrogens is 2. The molecule has 0 bridgehead atoms. The van der Waals surface area contributed by atoms with Gasteiger partial charge in [0.05, 0.1) is 23.3 Å². The summed E-state index contributed by atoms with van der Waals surface area (Å²) >= 11 is 6.50. The van der Waals surface area contributed by atoms with Crippen molar-refractivity contribution in [1.29, 1.82) is 0 Å². The van der Waals surface area contributed by atoms with Crippen molar-refractivity contribution >= 4 is 17.5 Å². The van der Waals surface area contributed by atoms with Crippen molar-refractivity contribution < 1.29 is 9.90 Å². The van der Waals surface area contributed by atoms with Crippen LogP contribution in [0.1, 0.15) is 42.3 Å². The number of imidazole rings is 1. The molecule has 0 fully saturated rings. The molecular formula is C23H24ClN3O3. The third kappa shape index (κ3) is 3.41. The summed E-state index contributed by atoms with van der Waals surface area (Å²) in [5, 5.41) is 10.2. The van der Waals surface area contributed by atoms with Gasteiger partial charge in [0.25, 0.3) is 5.91 Å². The Morgan fingerprint density at radius 2 is 1.73 bits per heavy atom. The summed E-state index contributed by atoms with van der Waals surface area (Å²) in [6.07, 6.45) is 1.43. The lowest BCUT2D eigenvalue weighted by Crippen LogP contribution is -2.41. The monoisotopic (exact) mass is 425 g/mol. The summed E-state index contributed by atoms with van der Waals surface area (Å²) in [5.74, 6) is -0.0933. The first-order valence-electron chi connectivity index (χ1n) is 9.75. The lowest BCUT2D eigenvalue weighted by atomic mass is 9.99. The van der Waals surface area contributed by atoms with E-state index in [-0.39, 0.29) is 23.0 Å². The van der Waals surface area contributed by atoms with Crippen molar-refractivity contribution in [1.82, 2.24) is 14.0 Å². The van der Waals surface area contributed by atoms with Crippen LogP contribution >= 0.6 is 11.6 Å². The summed E-state index contributed by atoms with van der Waals surface area (Å²) < 4.78 is 2.66. The van der Waals surface area contributed by atoms with Gasteiger partial charge in [-0.3, -0.25) is 13.9 Å². The molecule has 1 amide bonds. The smallest absolute Gasteiger partial charge is 0.331 e. The van der Waals surface area contributed by atoms with Crippen molar-refractivity contribution in [3.8, 4) is 17.0 Å². The Bertz CT molecular complexity index is 1200. The van der Waals surface area contributed by atoms with Crippen LogP contribution in [0.2, 0.25) is 5.02 Å². The number of carbonyl (C=O) groups is 1. The molecule has 0 aliphatic carbocycles. The van der Waals surface area contributed by atoms with Crippen LogP contribution in [-0.2, 0) is 20.1 Å². The van der Waals surface area contributed by atoms with Gasteiger partial charge in [0.15, 0.2) is 0 Å². The molecule has 3 aromatic rings. The van der Waals surface area contributed by atoms with Gasteiger partial charge in [-0.15, -0.1) is 0 Å². The molecule has 0 spiro atoms. The average molecular weight is 426 g/mol. The van der Waals surface area contributed by atoms with E-state index in [4.69, 9.17) is 11.6 Å². The normalized spacial score (nSPS) is 13.8. The van der Waals surface area contributed by atoms with Gasteiger partial charge in [0.2, 0.25) is 5.88 Å². The minimum Gasteiger partial charge on any atom is -0.493 e. The zero-order chi connectivity index (χ0) is 21.8. The van der Waals surface area contributed by atoms with E-state index in [1.807, 2.05) is 62.1 Å². The third-order valence-electron chi connectivity index (χ3n) is 5.56. The lowest BCUT2D eigenvalue weighted by molar-refractivity contribution is 0.0609. The number of hydrogen-bond acceptors (Lipinski definition) is 3. The van der Waals surface area contributed by atoms with E-state index in [0.29, 0.717) is 23.7 Å². The van der Waals surface area contributed by atoms with E-state index in [0.717, 1.165) is 22.3 Å². The quantitative estimate of drug-likeness (QED) is 0.689. The fourth-order valence-electron chi connectivity index (χ4n) is 3.80. The summed E-state index contributed by atoms with van der Waals surface area (Å²) in [7, 11) is 1.53. The van der Waals surface area contributed by atoms with Crippen LogP contribution in [0.15, 0.2) is 47.4 Å². The molecule has 2 aromatic carbocycles. The molecule has 30 heavy (non-hydrogen) atoms. The molecular weight excluding hydrogens is 402 g/mol. The van der Waals surface area contributed by atoms with Gasteiger partial charge >= 0.3 is 5.69 Å². The van der Waals surface area contributed by atoms with E-state index >= 15 is 0 Å². The molecule has 1 aliphatic heterocycles. The SMILES string of the molecule is Cn1c(O)cn(Cc2ccc(-c3cc(Cl)c4c(c3)CN(C(C)(C)C)C4=O)cc2)c1=O. The van der Waals surface area contributed by atoms with Gasteiger partial charge < -0.3 is 10.0 Å². The predicted octanol–water partition coefficient (Wildman–Crippen LogP) is 4.02. The maximum atomic E-state index is 12.8. The maximum absolute atomic E-state index is 12.8. The molecule has 4 rings (SSSR count). The Hall–Kier alpha value is -2.99. The van der Waals surface area contributed by atoms with E-state index < -0.39 is 0 Å². The van der Waals surface area contributed by atoms with Gasteiger partial charge in [-0.05, 0) is 55.2 Å². The Balaban J connectivity index is 1.62. The summed E-state index contributed by atoms with van der Waals surface area (Å²) in [4.78, 5) is 26.7. The van der Waals surface area contributed by atoms with E-state index in [9.17, 15) is 14.7 Å². The second-order valence-electron chi connectivity index (χ2n) is 8.71. The highest BCUT2D eigenvalue weighted by Crippen LogP contribution is 2.37. The number of rotatable bonds is 3. The molecule has 0 unspecified atom stereocenters. The molecule has 1 aromatic heterocycles. The van der Waals surface area contributed by atoms with E-state index in [1.54, 1.807) is 0 Å². The molecule has 0 radical (unpaired) electrons. The van der Waals surface area contributed by atoms with Crippen LogP contribution < -0.4 is 5.69 Å².